The SMILES string of the molecule is CNc1nc(NCC(COC)OC)c2ccsc2n1. The number of hydrogen-bond acceptors (Lipinski definition) is 7. The third-order valence-electron chi connectivity index (χ3n) is 2.73. The van der Waals surface area contributed by atoms with Crippen LogP contribution in [0.25, 0.3) is 10.2 Å². The Hall–Kier alpha value is -1.44. The number of aromatic nitrogens is 2. The predicted octanol–water partition coefficient (Wildman–Crippen LogP) is 1.81. The second kappa shape index (κ2) is 6.65. The van der Waals surface area contributed by atoms with Crippen LogP contribution in [0.3, 0.4) is 0 Å². The Balaban J connectivity index is 2.16. The van der Waals surface area contributed by atoms with Gasteiger partial charge in [-0.1, -0.05) is 0 Å². The topological polar surface area (TPSA) is 68.3 Å². The van der Waals surface area contributed by atoms with Crippen molar-refractivity contribution < 1.29 is 9.47 Å². The van der Waals surface area contributed by atoms with Crippen LogP contribution in [-0.2, 0) is 9.47 Å². The monoisotopic (exact) mass is 282 g/mol. The van der Waals surface area contributed by atoms with Crippen LogP contribution in [0.2, 0.25) is 0 Å². The van der Waals surface area contributed by atoms with Gasteiger partial charge in [0.05, 0.1) is 18.1 Å². The molecule has 0 bridgehead atoms. The highest BCUT2D eigenvalue weighted by molar-refractivity contribution is 7.16. The number of thiophene rings is 1. The molecule has 6 nitrogen and oxygen atoms in total. The molecule has 0 spiro atoms. The summed E-state index contributed by atoms with van der Waals surface area (Å²) in [5.41, 5.74) is 0. The fourth-order valence-corrected chi connectivity index (χ4v) is 2.47. The van der Waals surface area contributed by atoms with Crippen molar-refractivity contribution in [1.29, 1.82) is 0 Å². The van der Waals surface area contributed by atoms with Crippen LogP contribution in [0.1, 0.15) is 0 Å². The summed E-state index contributed by atoms with van der Waals surface area (Å²) in [6.45, 7) is 1.18. The van der Waals surface area contributed by atoms with Gasteiger partial charge in [-0.2, -0.15) is 4.98 Å². The molecule has 2 rings (SSSR count). The van der Waals surface area contributed by atoms with Gasteiger partial charge in [0.25, 0.3) is 0 Å². The Labute approximate surface area is 116 Å². The lowest BCUT2D eigenvalue weighted by Crippen LogP contribution is -2.27. The molecule has 2 aromatic heterocycles. The third-order valence-corrected chi connectivity index (χ3v) is 3.54. The summed E-state index contributed by atoms with van der Waals surface area (Å²) >= 11 is 1.59. The molecule has 2 N–H and O–H groups in total. The molecule has 0 aliphatic heterocycles. The van der Waals surface area contributed by atoms with Gasteiger partial charge in [-0.25, -0.2) is 4.98 Å². The minimum absolute atomic E-state index is 0.00770. The number of hydrogen-bond donors (Lipinski definition) is 2. The van der Waals surface area contributed by atoms with Crippen molar-refractivity contribution in [3.63, 3.8) is 0 Å². The summed E-state index contributed by atoms with van der Waals surface area (Å²) in [6, 6.07) is 2.01. The minimum atomic E-state index is -0.00770. The first-order valence-corrected chi connectivity index (χ1v) is 6.85. The van der Waals surface area contributed by atoms with Gasteiger partial charge in [-0.05, 0) is 11.4 Å². The largest absolute Gasteiger partial charge is 0.382 e. The molecular formula is C12H18N4O2S. The van der Waals surface area contributed by atoms with Crippen molar-refractivity contribution >= 4 is 33.3 Å². The summed E-state index contributed by atoms with van der Waals surface area (Å²) in [6.07, 6.45) is -0.00770. The van der Waals surface area contributed by atoms with Gasteiger partial charge in [0.1, 0.15) is 10.6 Å². The maximum Gasteiger partial charge on any atom is 0.225 e. The zero-order valence-electron chi connectivity index (χ0n) is 11.3. The molecule has 19 heavy (non-hydrogen) atoms. The molecule has 1 atom stereocenters. The molecule has 0 saturated carbocycles. The molecule has 0 aromatic carbocycles. The number of ether oxygens (including phenoxy) is 2. The Morgan fingerprint density at radius 3 is 2.89 bits per heavy atom. The van der Waals surface area contributed by atoms with E-state index in [4.69, 9.17) is 9.47 Å². The fourth-order valence-electron chi connectivity index (χ4n) is 1.71. The first kappa shape index (κ1) is 14.0. The van der Waals surface area contributed by atoms with Crippen LogP contribution >= 0.6 is 11.3 Å². The van der Waals surface area contributed by atoms with E-state index >= 15 is 0 Å². The summed E-state index contributed by atoms with van der Waals surface area (Å²) < 4.78 is 10.4. The van der Waals surface area contributed by atoms with Gasteiger partial charge >= 0.3 is 0 Å². The van der Waals surface area contributed by atoms with Gasteiger partial charge in [-0.15, -0.1) is 11.3 Å². The van der Waals surface area contributed by atoms with Gasteiger partial charge in [-0.3, -0.25) is 0 Å². The van der Waals surface area contributed by atoms with Crippen molar-refractivity contribution in [3.8, 4) is 0 Å². The molecule has 0 aliphatic rings. The summed E-state index contributed by atoms with van der Waals surface area (Å²) in [4.78, 5) is 9.79. The van der Waals surface area contributed by atoms with E-state index in [1.165, 1.54) is 0 Å². The zero-order chi connectivity index (χ0) is 13.7. The Morgan fingerprint density at radius 2 is 2.21 bits per heavy atom. The van der Waals surface area contributed by atoms with Crippen molar-refractivity contribution in [2.45, 2.75) is 6.10 Å². The normalized spacial score (nSPS) is 12.6. The highest BCUT2D eigenvalue weighted by atomic mass is 32.1. The van der Waals surface area contributed by atoms with E-state index in [1.54, 1.807) is 32.6 Å². The quantitative estimate of drug-likeness (QED) is 0.807. The molecule has 2 heterocycles. The Bertz CT molecular complexity index is 531. The second-order valence-corrected chi connectivity index (χ2v) is 4.87. The number of anilines is 2. The molecular weight excluding hydrogens is 264 g/mol. The Kier molecular flexibility index (Phi) is 4.89. The van der Waals surface area contributed by atoms with Crippen LogP contribution in [0.5, 0.6) is 0 Å². The predicted molar refractivity (Wildman–Crippen MR) is 78.1 cm³/mol. The highest BCUT2D eigenvalue weighted by Crippen LogP contribution is 2.26. The fraction of sp³-hybridized carbons (Fsp3) is 0.500. The van der Waals surface area contributed by atoms with E-state index in [0.29, 0.717) is 19.1 Å². The summed E-state index contributed by atoms with van der Waals surface area (Å²) in [7, 11) is 5.14. The number of rotatable bonds is 7. The summed E-state index contributed by atoms with van der Waals surface area (Å²) in [5.74, 6) is 1.42. The highest BCUT2D eigenvalue weighted by Gasteiger charge is 2.11. The van der Waals surface area contributed by atoms with E-state index < -0.39 is 0 Å². The lowest BCUT2D eigenvalue weighted by molar-refractivity contribution is 0.0365. The zero-order valence-corrected chi connectivity index (χ0v) is 12.1. The summed E-state index contributed by atoms with van der Waals surface area (Å²) in [5, 5.41) is 9.29. The number of fused-ring (bicyclic) bond motifs is 1. The number of nitrogens with zero attached hydrogens (tertiary/aromatic N) is 2. The van der Waals surface area contributed by atoms with Crippen LogP contribution in [-0.4, -0.2) is 50.5 Å². The molecule has 0 aliphatic carbocycles. The maximum atomic E-state index is 5.32. The molecule has 7 heteroatoms. The van der Waals surface area contributed by atoms with Crippen LogP contribution in [0.15, 0.2) is 11.4 Å². The molecule has 0 saturated heterocycles. The van der Waals surface area contributed by atoms with Gasteiger partial charge in [0.15, 0.2) is 0 Å². The number of nitrogens with one attached hydrogen (secondary N) is 2. The van der Waals surface area contributed by atoms with E-state index in [-0.39, 0.29) is 6.10 Å². The van der Waals surface area contributed by atoms with E-state index in [9.17, 15) is 0 Å². The standard InChI is InChI=1S/C12H18N4O2S/c1-13-12-15-10(9-4-5-19-11(9)16-12)14-6-8(18-3)7-17-2/h4-5,8H,6-7H2,1-3H3,(H2,13,14,15,16). The van der Waals surface area contributed by atoms with Crippen molar-refractivity contribution in [2.75, 3.05) is 45.1 Å². The average Bonchev–Trinajstić information content (AvgIpc) is 2.91. The average molecular weight is 282 g/mol. The van der Waals surface area contributed by atoms with Gasteiger partial charge < -0.3 is 20.1 Å². The van der Waals surface area contributed by atoms with Crippen LogP contribution in [0, 0.1) is 0 Å². The van der Waals surface area contributed by atoms with Crippen molar-refractivity contribution in [1.82, 2.24) is 9.97 Å². The smallest absolute Gasteiger partial charge is 0.225 e. The van der Waals surface area contributed by atoms with E-state index in [0.717, 1.165) is 16.0 Å². The lowest BCUT2D eigenvalue weighted by atomic mass is 10.3. The first-order valence-electron chi connectivity index (χ1n) is 5.97. The van der Waals surface area contributed by atoms with Crippen molar-refractivity contribution in [2.24, 2.45) is 0 Å². The lowest BCUT2D eigenvalue weighted by Gasteiger charge is -2.16. The van der Waals surface area contributed by atoms with Gasteiger partial charge in [0, 0.05) is 27.8 Å². The van der Waals surface area contributed by atoms with E-state index in [1.807, 2.05) is 11.4 Å². The molecule has 104 valence electrons. The molecule has 0 radical (unpaired) electrons. The Morgan fingerprint density at radius 1 is 1.37 bits per heavy atom. The second-order valence-electron chi connectivity index (χ2n) is 3.98. The third kappa shape index (κ3) is 3.31. The van der Waals surface area contributed by atoms with Gasteiger partial charge in [0.2, 0.25) is 5.95 Å². The van der Waals surface area contributed by atoms with E-state index in [2.05, 4.69) is 20.6 Å². The maximum absolute atomic E-state index is 5.32. The number of methoxy groups -OCH3 is 2. The molecule has 1 unspecified atom stereocenters. The molecule has 2 aromatic rings. The molecule has 0 amide bonds. The minimum Gasteiger partial charge on any atom is -0.382 e. The van der Waals surface area contributed by atoms with Crippen LogP contribution < -0.4 is 10.6 Å². The van der Waals surface area contributed by atoms with Crippen LogP contribution in [0.4, 0.5) is 11.8 Å². The van der Waals surface area contributed by atoms with Crippen molar-refractivity contribution in [3.05, 3.63) is 11.4 Å². The molecule has 0 fully saturated rings. The first-order chi connectivity index (χ1) is 9.28.